The molecule has 2 atom stereocenters. The standard InChI is InChI=1S/C23H21F3N4O3/c1-28-9-10-29-17-8-3-2-5-14(17)12-22(18(29)13-28)19(31)27-21(33)30(20(22)32)16-7-4-6-15(11-16)23(24,25)26/h2-8,11,18H,9-10,12-13H2,1H3,(H,27,31,33)/t18-,22-/m1/s1. The maximum Gasteiger partial charge on any atom is 0.416 e. The molecule has 3 heterocycles. The van der Waals surface area contributed by atoms with E-state index in [0.717, 1.165) is 29.4 Å². The van der Waals surface area contributed by atoms with E-state index in [2.05, 4.69) is 5.32 Å². The molecule has 2 fully saturated rings. The highest BCUT2D eigenvalue weighted by Crippen LogP contribution is 2.46. The van der Waals surface area contributed by atoms with Crippen LogP contribution >= 0.6 is 0 Å². The number of benzene rings is 2. The minimum absolute atomic E-state index is 0.0472. The van der Waals surface area contributed by atoms with Gasteiger partial charge in [0.1, 0.15) is 0 Å². The first kappa shape index (κ1) is 21.4. The summed E-state index contributed by atoms with van der Waals surface area (Å²) in [5.41, 5.74) is -1.18. The molecule has 2 saturated heterocycles. The van der Waals surface area contributed by atoms with E-state index in [4.69, 9.17) is 0 Å². The van der Waals surface area contributed by atoms with Gasteiger partial charge in [0.05, 0.1) is 17.3 Å². The first-order chi connectivity index (χ1) is 15.6. The average molecular weight is 458 g/mol. The minimum Gasteiger partial charge on any atom is -0.364 e. The lowest BCUT2D eigenvalue weighted by Crippen LogP contribution is -2.75. The third-order valence-corrected chi connectivity index (χ3v) is 6.77. The molecule has 2 aromatic carbocycles. The van der Waals surface area contributed by atoms with Crippen molar-refractivity contribution in [1.29, 1.82) is 0 Å². The van der Waals surface area contributed by atoms with Crippen molar-refractivity contribution in [2.24, 2.45) is 5.41 Å². The van der Waals surface area contributed by atoms with Crippen LogP contribution in [0.4, 0.5) is 29.3 Å². The van der Waals surface area contributed by atoms with E-state index >= 15 is 0 Å². The van der Waals surface area contributed by atoms with Crippen LogP contribution in [0.1, 0.15) is 11.1 Å². The second-order valence-corrected chi connectivity index (χ2v) is 8.70. The number of piperazine rings is 1. The molecule has 0 unspecified atom stereocenters. The van der Waals surface area contributed by atoms with Crippen LogP contribution in [-0.4, -0.2) is 55.5 Å². The zero-order valence-electron chi connectivity index (χ0n) is 17.7. The van der Waals surface area contributed by atoms with Crippen LogP contribution in [-0.2, 0) is 22.2 Å². The van der Waals surface area contributed by atoms with E-state index in [1.165, 1.54) is 6.07 Å². The Morgan fingerprint density at radius 2 is 1.79 bits per heavy atom. The largest absolute Gasteiger partial charge is 0.416 e. The maximum atomic E-state index is 14.0. The summed E-state index contributed by atoms with van der Waals surface area (Å²) in [4.78, 5) is 44.8. The number of halogens is 3. The predicted molar refractivity (Wildman–Crippen MR) is 114 cm³/mol. The summed E-state index contributed by atoms with van der Waals surface area (Å²) < 4.78 is 39.9. The zero-order valence-corrected chi connectivity index (χ0v) is 17.7. The fourth-order valence-corrected chi connectivity index (χ4v) is 5.15. The van der Waals surface area contributed by atoms with Gasteiger partial charge in [-0.1, -0.05) is 24.3 Å². The van der Waals surface area contributed by atoms with Gasteiger partial charge in [0.2, 0.25) is 5.91 Å². The first-order valence-corrected chi connectivity index (χ1v) is 10.5. The van der Waals surface area contributed by atoms with Gasteiger partial charge in [-0.2, -0.15) is 13.2 Å². The molecule has 7 nitrogen and oxygen atoms in total. The smallest absolute Gasteiger partial charge is 0.364 e. The van der Waals surface area contributed by atoms with Crippen molar-refractivity contribution >= 4 is 29.2 Å². The Balaban J connectivity index is 1.65. The number of likely N-dealkylation sites (N-methyl/N-ethyl adjacent to an activating group) is 1. The molecule has 0 radical (unpaired) electrons. The second kappa shape index (κ2) is 7.31. The summed E-state index contributed by atoms with van der Waals surface area (Å²) in [5.74, 6) is -1.53. The minimum atomic E-state index is -4.65. The van der Waals surface area contributed by atoms with E-state index in [-0.39, 0.29) is 12.1 Å². The lowest BCUT2D eigenvalue weighted by molar-refractivity contribution is -0.145. The van der Waals surface area contributed by atoms with Crippen molar-refractivity contribution in [3.8, 4) is 0 Å². The number of alkyl halides is 3. The maximum absolute atomic E-state index is 14.0. The van der Waals surface area contributed by atoms with Gasteiger partial charge in [-0.25, -0.2) is 9.69 Å². The van der Waals surface area contributed by atoms with Crippen LogP contribution < -0.4 is 15.1 Å². The number of nitrogens with zero attached hydrogens (tertiary/aromatic N) is 3. The number of anilines is 2. The number of fused-ring (bicyclic) bond motifs is 4. The number of para-hydroxylation sites is 1. The Labute approximate surface area is 187 Å². The quantitative estimate of drug-likeness (QED) is 0.666. The fraction of sp³-hybridized carbons (Fsp3) is 0.348. The van der Waals surface area contributed by atoms with Crippen molar-refractivity contribution in [2.75, 3.05) is 36.5 Å². The van der Waals surface area contributed by atoms with E-state index in [1.54, 1.807) is 0 Å². The molecular formula is C23H21F3N4O3. The Hall–Kier alpha value is -3.40. The molecule has 0 saturated carbocycles. The summed E-state index contributed by atoms with van der Waals surface area (Å²) in [6, 6.07) is 9.84. The second-order valence-electron chi connectivity index (χ2n) is 8.70. The molecule has 0 bridgehead atoms. The molecule has 4 amide bonds. The van der Waals surface area contributed by atoms with Crippen LogP contribution in [0.2, 0.25) is 0 Å². The van der Waals surface area contributed by atoms with Crippen LogP contribution in [0.3, 0.4) is 0 Å². The summed E-state index contributed by atoms with van der Waals surface area (Å²) >= 11 is 0. The molecule has 0 aliphatic carbocycles. The van der Waals surface area contributed by atoms with Crippen LogP contribution in [0.15, 0.2) is 48.5 Å². The SMILES string of the molecule is CN1CCN2c3ccccc3C[C@]3(C(=O)NC(=O)N(c4cccc(C(F)(F)F)c4)C3=O)[C@H]2C1. The number of amides is 4. The van der Waals surface area contributed by atoms with Gasteiger partial charge < -0.3 is 9.80 Å². The predicted octanol–water partition coefficient (Wildman–Crippen LogP) is 2.65. The zero-order chi connectivity index (χ0) is 23.5. The number of hydrogen-bond acceptors (Lipinski definition) is 5. The van der Waals surface area contributed by atoms with E-state index in [0.29, 0.717) is 24.5 Å². The number of rotatable bonds is 1. The summed E-state index contributed by atoms with van der Waals surface area (Å²) in [5, 5.41) is 2.26. The Morgan fingerprint density at radius 1 is 1.03 bits per heavy atom. The lowest BCUT2D eigenvalue weighted by atomic mass is 9.67. The van der Waals surface area contributed by atoms with E-state index in [1.807, 2.05) is 41.1 Å². The third kappa shape index (κ3) is 3.19. The Morgan fingerprint density at radius 3 is 2.55 bits per heavy atom. The van der Waals surface area contributed by atoms with Gasteiger partial charge in [0, 0.05) is 25.3 Å². The van der Waals surface area contributed by atoms with Crippen LogP contribution in [0.5, 0.6) is 0 Å². The molecule has 0 aromatic heterocycles. The monoisotopic (exact) mass is 458 g/mol. The molecule has 3 aliphatic rings. The van der Waals surface area contributed by atoms with Gasteiger partial charge in [-0.3, -0.25) is 14.9 Å². The number of imide groups is 2. The van der Waals surface area contributed by atoms with Crippen molar-refractivity contribution in [2.45, 2.75) is 18.6 Å². The topological polar surface area (TPSA) is 73.0 Å². The normalized spacial score (nSPS) is 25.7. The Bertz CT molecular complexity index is 1170. The highest BCUT2D eigenvalue weighted by molar-refractivity contribution is 6.30. The van der Waals surface area contributed by atoms with Gasteiger partial charge in [-0.15, -0.1) is 0 Å². The molecule has 1 spiro atoms. The molecule has 1 N–H and O–H groups in total. The number of barbiturate groups is 1. The van der Waals surface area contributed by atoms with Gasteiger partial charge in [0.15, 0.2) is 5.41 Å². The van der Waals surface area contributed by atoms with Crippen LogP contribution in [0, 0.1) is 5.41 Å². The highest BCUT2D eigenvalue weighted by Gasteiger charge is 2.63. The molecule has 10 heteroatoms. The number of hydrogen-bond donors (Lipinski definition) is 1. The number of nitrogens with one attached hydrogen (secondary N) is 1. The Kier molecular flexibility index (Phi) is 4.75. The number of urea groups is 1. The molecule has 2 aromatic rings. The van der Waals surface area contributed by atoms with Crippen LogP contribution in [0.25, 0.3) is 0 Å². The summed E-state index contributed by atoms with van der Waals surface area (Å²) in [6.07, 6.45) is -4.60. The van der Waals surface area contributed by atoms with Gasteiger partial charge >= 0.3 is 12.2 Å². The first-order valence-electron chi connectivity index (χ1n) is 10.5. The van der Waals surface area contributed by atoms with E-state index in [9.17, 15) is 27.6 Å². The molecular weight excluding hydrogens is 437 g/mol. The molecule has 33 heavy (non-hydrogen) atoms. The lowest BCUT2D eigenvalue weighted by Gasteiger charge is -2.55. The average Bonchev–Trinajstić information content (AvgIpc) is 2.77. The number of carbonyl (C=O) groups is 3. The van der Waals surface area contributed by atoms with Gasteiger partial charge in [0.25, 0.3) is 5.91 Å². The fourth-order valence-electron chi connectivity index (χ4n) is 5.15. The van der Waals surface area contributed by atoms with Crippen molar-refractivity contribution in [3.63, 3.8) is 0 Å². The summed E-state index contributed by atoms with van der Waals surface area (Å²) in [7, 11) is 1.88. The molecule has 3 aliphatic heterocycles. The van der Waals surface area contributed by atoms with Crippen molar-refractivity contribution in [3.05, 3.63) is 59.7 Å². The third-order valence-electron chi connectivity index (χ3n) is 6.77. The van der Waals surface area contributed by atoms with E-state index < -0.39 is 41.0 Å². The highest BCUT2D eigenvalue weighted by atomic mass is 19.4. The molecule has 5 rings (SSSR count). The van der Waals surface area contributed by atoms with Crippen molar-refractivity contribution in [1.82, 2.24) is 10.2 Å². The summed E-state index contributed by atoms with van der Waals surface area (Å²) in [6.45, 7) is 1.67. The van der Waals surface area contributed by atoms with Crippen molar-refractivity contribution < 1.29 is 27.6 Å². The number of carbonyl (C=O) groups excluding carboxylic acids is 3. The van der Waals surface area contributed by atoms with Gasteiger partial charge in [-0.05, 0) is 43.3 Å². The molecule has 172 valence electrons.